The first-order valence-corrected chi connectivity index (χ1v) is 6.73. The maximum Gasteiger partial charge on any atom is 0.251 e. The number of rotatable bonds is 4. The summed E-state index contributed by atoms with van der Waals surface area (Å²) in [6.07, 6.45) is 4.51. The molecule has 0 spiro atoms. The van der Waals surface area contributed by atoms with Gasteiger partial charge >= 0.3 is 0 Å². The Morgan fingerprint density at radius 3 is 2.53 bits per heavy atom. The molecular weight excluding hydrogens is 238 g/mol. The van der Waals surface area contributed by atoms with E-state index >= 15 is 0 Å². The van der Waals surface area contributed by atoms with Crippen molar-refractivity contribution in [2.75, 3.05) is 0 Å². The van der Waals surface area contributed by atoms with Gasteiger partial charge in [0.25, 0.3) is 5.95 Å². The fourth-order valence-electron chi connectivity index (χ4n) is 2.16. The highest BCUT2D eigenvalue weighted by atomic mass is 15.3. The lowest BCUT2D eigenvalue weighted by molar-refractivity contribution is 0.683. The number of hydrogen-bond acceptors (Lipinski definition) is 4. The van der Waals surface area contributed by atoms with Crippen molar-refractivity contribution in [1.29, 1.82) is 0 Å². The van der Waals surface area contributed by atoms with Crippen LogP contribution in [-0.4, -0.2) is 25.8 Å². The van der Waals surface area contributed by atoms with Crippen molar-refractivity contribution < 1.29 is 0 Å². The first-order valence-electron chi connectivity index (χ1n) is 6.73. The Bertz CT molecular complexity index is 578. The predicted molar refractivity (Wildman–Crippen MR) is 73.2 cm³/mol. The van der Waals surface area contributed by atoms with Crippen molar-refractivity contribution in [2.24, 2.45) is 0 Å². The maximum atomic E-state index is 4.45. The number of aryl methyl sites for hydroxylation is 2. The number of nitrogens with one attached hydrogen (secondary N) is 1. The summed E-state index contributed by atoms with van der Waals surface area (Å²) in [7, 11) is 0. The van der Waals surface area contributed by atoms with E-state index in [0.29, 0.717) is 12.0 Å². The van der Waals surface area contributed by atoms with Gasteiger partial charge < -0.3 is 5.32 Å². The van der Waals surface area contributed by atoms with E-state index in [1.54, 1.807) is 0 Å². The summed E-state index contributed by atoms with van der Waals surface area (Å²) in [5.41, 5.74) is 4.26. The van der Waals surface area contributed by atoms with Crippen molar-refractivity contribution in [2.45, 2.75) is 46.2 Å². The molecule has 0 unspecified atom stereocenters. The van der Waals surface area contributed by atoms with E-state index in [-0.39, 0.29) is 0 Å². The molecule has 2 aromatic rings. The third-order valence-corrected chi connectivity index (χ3v) is 3.43. The van der Waals surface area contributed by atoms with Crippen molar-refractivity contribution in [1.82, 2.24) is 25.1 Å². The summed E-state index contributed by atoms with van der Waals surface area (Å²) in [5.74, 6) is 0.660. The van der Waals surface area contributed by atoms with Crippen LogP contribution in [0.4, 0.5) is 0 Å². The molecule has 1 saturated carbocycles. The molecule has 2 aromatic heterocycles. The number of hydrogen-bond donors (Lipinski definition) is 1. The molecule has 0 amide bonds. The van der Waals surface area contributed by atoms with E-state index in [1.165, 1.54) is 18.4 Å². The quantitative estimate of drug-likeness (QED) is 0.908. The van der Waals surface area contributed by atoms with Crippen molar-refractivity contribution in [3.05, 3.63) is 34.9 Å². The molecule has 100 valence electrons. The Balaban J connectivity index is 1.87. The van der Waals surface area contributed by atoms with Crippen LogP contribution in [0, 0.1) is 20.8 Å². The summed E-state index contributed by atoms with van der Waals surface area (Å²) in [4.78, 5) is 8.91. The molecule has 5 nitrogen and oxygen atoms in total. The molecule has 0 saturated heterocycles. The van der Waals surface area contributed by atoms with Crippen LogP contribution < -0.4 is 5.32 Å². The van der Waals surface area contributed by atoms with Gasteiger partial charge in [-0.05, 0) is 39.7 Å². The Morgan fingerprint density at radius 1 is 1.21 bits per heavy atom. The zero-order chi connectivity index (χ0) is 13.4. The Labute approximate surface area is 113 Å². The van der Waals surface area contributed by atoms with Gasteiger partial charge in [0, 0.05) is 35.2 Å². The van der Waals surface area contributed by atoms with Crippen molar-refractivity contribution in [3.63, 3.8) is 0 Å². The molecule has 3 rings (SSSR count). The summed E-state index contributed by atoms with van der Waals surface area (Å²) >= 11 is 0. The van der Waals surface area contributed by atoms with Crippen molar-refractivity contribution in [3.8, 4) is 5.95 Å². The number of aromatic nitrogens is 4. The molecular formula is C14H19N5. The smallest absolute Gasteiger partial charge is 0.251 e. The predicted octanol–water partition coefficient (Wildman–Crippen LogP) is 1.84. The van der Waals surface area contributed by atoms with Gasteiger partial charge in [-0.3, -0.25) is 0 Å². The third-order valence-electron chi connectivity index (χ3n) is 3.43. The molecule has 0 aliphatic heterocycles. The summed E-state index contributed by atoms with van der Waals surface area (Å²) in [6.45, 7) is 6.90. The molecule has 1 aliphatic rings. The van der Waals surface area contributed by atoms with Gasteiger partial charge in [0.05, 0.1) is 6.20 Å². The van der Waals surface area contributed by atoms with Gasteiger partial charge in [-0.2, -0.15) is 5.10 Å². The molecule has 2 heterocycles. The molecule has 0 atom stereocenters. The highest BCUT2D eigenvalue weighted by molar-refractivity contribution is 5.25. The topological polar surface area (TPSA) is 55.6 Å². The minimum absolute atomic E-state index is 0.660. The lowest BCUT2D eigenvalue weighted by Gasteiger charge is -2.06. The largest absolute Gasteiger partial charge is 0.310 e. The van der Waals surface area contributed by atoms with Crippen LogP contribution >= 0.6 is 0 Å². The van der Waals surface area contributed by atoms with Crippen LogP contribution in [0.1, 0.15) is 35.5 Å². The minimum atomic E-state index is 0.660. The van der Waals surface area contributed by atoms with E-state index in [1.807, 2.05) is 30.8 Å². The van der Waals surface area contributed by atoms with E-state index in [4.69, 9.17) is 0 Å². The van der Waals surface area contributed by atoms with Crippen LogP contribution in [0.25, 0.3) is 5.95 Å². The maximum absolute atomic E-state index is 4.45. The van der Waals surface area contributed by atoms with Gasteiger partial charge in [-0.1, -0.05) is 0 Å². The van der Waals surface area contributed by atoms with E-state index in [9.17, 15) is 0 Å². The molecule has 0 radical (unpaired) electrons. The monoisotopic (exact) mass is 257 g/mol. The van der Waals surface area contributed by atoms with Crippen LogP contribution in [0.15, 0.2) is 12.3 Å². The fraction of sp³-hybridized carbons (Fsp3) is 0.500. The molecule has 19 heavy (non-hydrogen) atoms. The Hall–Kier alpha value is -1.75. The average molecular weight is 257 g/mol. The number of nitrogens with zero attached hydrogens (tertiary/aromatic N) is 4. The highest BCUT2D eigenvalue weighted by Crippen LogP contribution is 2.20. The third kappa shape index (κ3) is 2.66. The molecule has 1 aliphatic carbocycles. The van der Waals surface area contributed by atoms with Crippen LogP contribution in [0.3, 0.4) is 0 Å². The second-order valence-electron chi connectivity index (χ2n) is 5.27. The zero-order valence-electron chi connectivity index (χ0n) is 11.6. The Morgan fingerprint density at radius 2 is 1.89 bits per heavy atom. The Kier molecular flexibility index (Phi) is 3.06. The standard InChI is InChI=1S/C14H19N5/c1-9-6-10(2)18-14(17-9)19-11(3)12(8-16-19)7-15-13-4-5-13/h6,8,13,15H,4-5,7H2,1-3H3. The molecule has 5 heteroatoms. The molecule has 1 fully saturated rings. The van der Waals surface area contributed by atoms with Gasteiger partial charge in [0.2, 0.25) is 0 Å². The summed E-state index contributed by atoms with van der Waals surface area (Å²) < 4.78 is 1.82. The highest BCUT2D eigenvalue weighted by Gasteiger charge is 2.21. The van der Waals surface area contributed by atoms with Crippen LogP contribution in [0.2, 0.25) is 0 Å². The SMILES string of the molecule is Cc1cc(C)nc(-n2ncc(CNC3CC3)c2C)n1. The second kappa shape index (κ2) is 4.74. The zero-order valence-corrected chi connectivity index (χ0v) is 11.6. The van der Waals surface area contributed by atoms with Crippen molar-refractivity contribution >= 4 is 0 Å². The van der Waals surface area contributed by atoms with E-state index in [0.717, 1.165) is 23.6 Å². The molecule has 0 aromatic carbocycles. The normalized spacial score (nSPS) is 14.9. The van der Waals surface area contributed by atoms with Gasteiger partial charge in [0.1, 0.15) is 0 Å². The van der Waals surface area contributed by atoms with Gasteiger partial charge in [-0.15, -0.1) is 0 Å². The van der Waals surface area contributed by atoms with Gasteiger partial charge in [0.15, 0.2) is 0 Å². The van der Waals surface area contributed by atoms with Gasteiger partial charge in [-0.25, -0.2) is 14.6 Å². The molecule has 0 bridgehead atoms. The first kappa shape index (κ1) is 12.3. The lowest BCUT2D eigenvalue weighted by atomic mass is 10.2. The summed E-state index contributed by atoms with van der Waals surface area (Å²) in [5, 5.41) is 7.93. The minimum Gasteiger partial charge on any atom is -0.310 e. The van der Waals surface area contributed by atoms with Crippen LogP contribution in [0.5, 0.6) is 0 Å². The first-order chi connectivity index (χ1) is 9.13. The average Bonchev–Trinajstić information content (AvgIpc) is 3.09. The lowest BCUT2D eigenvalue weighted by Crippen LogP contribution is -2.16. The van der Waals surface area contributed by atoms with Crippen LogP contribution in [-0.2, 0) is 6.54 Å². The summed E-state index contributed by atoms with van der Waals surface area (Å²) in [6, 6.07) is 2.68. The van der Waals surface area contributed by atoms with E-state index < -0.39 is 0 Å². The second-order valence-corrected chi connectivity index (χ2v) is 5.27. The van der Waals surface area contributed by atoms with E-state index in [2.05, 4.69) is 27.3 Å². The molecule has 1 N–H and O–H groups in total. The fourth-order valence-corrected chi connectivity index (χ4v) is 2.16.